The Hall–Kier alpha value is -4.69. The summed E-state index contributed by atoms with van der Waals surface area (Å²) >= 11 is 0. The molecule has 2 aliphatic heterocycles. The van der Waals surface area contributed by atoms with Crippen molar-refractivity contribution in [1.29, 1.82) is 0 Å². The summed E-state index contributed by atoms with van der Waals surface area (Å²) in [6, 6.07) is 18.5. The fraction of sp³-hybridized carbons (Fsp3) is 0.389. The van der Waals surface area contributed by atoms with E-state index in [0.29, 0.717) is 12.8 Å². The van der Waals surface area contributed by atoms with Crippen LogP contribution in [0.4, 0.5) is 11.6 Å². The number of aliphatic hydroxyl groups excluding tert-OH is 2. The van der Waals surface area contributed by atoms with E-state index in [2.05, 4.69) is 38.5 Å². The highest BCUT2D eigenvalue weighted by molar-refractivity contribution is 7.66. The first-order chi connectivity index (χ1) is 31.1. The van der Waals surface area contributed by atoms with Crippen molar-refractivity contribution in [1.82, 2.24) is 39.0 Å². The molecule has 11 atom stereocenters. The van der Waals surface area contributed by atoms with E-state index in [9.17, 15) is 38.6 Å². The first-order valence-electron chi connectivity index (χ1n) is 19.6. The molecule has 6 aromatic rings. The van der Waals surface area contributed by atoms with Gasteiger partial charge in [-0.25, -0.2) is 43.6 Å². The number of ether oxygens (including phenoxy) is 4. The van der Waals surface area contributed by atoms with Crippen LogP contribution in [-0.2, 0) is 63.2 Å². The highest BCUT2D eigenvalue weighted by Gasteiger charge is 2.50. The fourth-order valence-corrected chi connectivity index (χ4v) is 10.8. The molecule has 2 fully saturated rings. The van der Waals surface area contributed by atoms with Gasteiger partial charge in [-0.15, -0.1) is 0 Å². The minimum Gasteiger partial charge on any atom is -0.386 e. The predicted octanol–water partition coefficient (Wildman–Crippen LogP) is 1.97. The summed E-state index contributed by atoms with van der Waals surface area (Å²) in [5.74, 6) is 0.106. The van der Waals surface area contributed by atoms with E-state index < -0.39 is 85.8 Å². The lowest BCUT2D eigenvalue weighted by atomic mass is 10.1. The number of benzene rings is 2. The molecule has 0 saturated carbocycles. The quantitative estimate of drug-likeness (QED) is 0.0538. The monoisotopic (exact) mass is 964 g/mol. The third-order valence-corrected chi connectivity index (χ3v) is 14.5. The summed E-state index contributed by atoms with van der Waals surface area (Å²) in [7, 11) is -17.3. The average molecular weight is 965 g/mol. The molecule has 2 aromatic carbocycles. The molecule has 8 rings (SSSR count). The molecule has 0 aliphatic carbocycles. The number of rotatable bonds is 20. The maximum Gasteiger partial charge on any atom is 0.490 e. The Bertz CT molecular complexity index is 2540. The summed E-state index contributed by atoms with van der Waals surface area (Å²) < 4.78 is 84.5. The molecule has 65 heavy (non-hydrogen) atoms. The van der Waals surface area contributed by atoms with Gasteiger partial charge in [0.05, 0.1) is 39.1 Å². The Balaban J connectivity index is 0.910. The van der Waals surface area contributed by atoms with Gasteiger partial charge in [-0.3, -0.25) is 18.2 Å². The number of hydrogen-bond acceptors (Lipinski definition) is 21. The number of nitrogens with zero attached hydrogens (tertiary/aromatic N) is 8. The zero-order chi connectivity index (χ0) is 45.9. The van der Waals surface area contributed by atoms with Crippen molar-refractivity contribution in [2.24, 2.45) is 0 Å². The van der Waals surface area contributed by atoms with Crippen LogP contribution in [0.15, 0.2) is 86.0 Å². The summed E-state index contributed by atoms with van der Waals surface area (Å²) in [5.41, 5.74) is 14.4. The summed E-state index contributed by atoms with van der Waals surface area (Å²) in [6.45, 7) is -1.69. The number of anilines is 2. The maximum absolute atomic E-state index is 13.1. The van der Waals surface area contributed by atoms with Crippen LogP contribution in [0.5, 0.6) is 0 Å². The van der Waals surface area contributed by atoms with Crippen LogP contribution in [0.1, 0.15) is 23.6 Å². The van der Waals surface area contributed by atoms with E-state index in [1.165, 1.54) is 34.4 Å². The van der Waals surface area contributed by atoms with Gasteiger partial charge in [-0.2, -0.15) is 8.62 Å². The van der Waals surface area contributed by atoms with Gasteiger partial charge in [0.1, 0.15) is 60.3 Å². The average Bonchev–Trinajstić information content (AvgIpc) is 4.04. The van der Waals surface area contributed by atoms with Gasteiger partial charge >= 0.3 is 23.5 Å². The second kappa shape index (κ2) is 19.6. The number of imidazole rings is 2. The van der Waals surface area contributed by atoms with Crippen molar-refractivity contribution in [3.63, 3.8) is 0 Å². The Labute approximate surface area is 367 Å². The first kappa shape index (κ1) is 46.8. The highest BCUT2D eigenvalue weighted by atomic mass is 31.3. The number of aromatic nitrogens is 8. The van der Waals surface area contributed by atoms with Crippen molar-refractivity contribution in [3.8, 4) is 0 Å². The number of nitrogens with two attached hydrogens (primary N) is 2. The Morgan fingerprint density at radius 1 is 0.585 bits per heavy atom. The van der Waals surface area contributed by atoms with Crippen LogP contribution in [0, 0.1) is 0 Å². The molecule has 0 spiro atoms. The normalized spacial score (nSPS) is 26.3. The lowest BCUT2D eigenvalue weighted by Gasteiger charge is -2.23. The number of fused-ring (bicyclic) bond motifs is 2. The molecule has 6 heterocycles. The number of hydrogen-bond donors (Lipinski definition) is 7. The Morgan fingerprint density at radius 2 is 0.985 bits per heavy atom. The number of aliphatic hydroxyl groups is 2. The summed E-state index contributed by atoms with van der Waals surface area (Å²) in [4.78, 5) is 56.0. The van der Waals surface area contributed by atoms with E-state index in [1.807, 2.05) is 60.7 Å². The molecule has 0 bridgehead atoms. The molecule has 2 aliphatic rings. The zero-order valence-corrected chi connectivity index (χ0v) is 36.4. The van der Waals surface area contributed by atoms with Gasteiger partial charge in [0.25, 0.3) is 0 Å². The lowest BCUT2D eigenvalue weighted by Crippen LogP contribution is -2.37. The molecule has 0 radical (unpaired) electrons. The zero-order valence-electron chi connectivity index (χ0n) is 33.7. The van der Waals surface area contributed by atoms with Crippen molar-refractivity contribution < 1.29 is 75.2 Å². The van der Waals surface area contributed by atoms with E-state index in [0.717, 1.165) is 11.1 Å². The van der Waals surface area contributed by atoms with Gasteiger partial charge < -0.3 is 55.3 Å². The van der Waals surface area contributed by atoms with Crippen LogP contribution in [0.25, 0.3) is 22.3 Å². The number of phosphoric acid groups is 3. The van der Waals surface area contributed by atoms with Crippen LogP contribution in [-0.4, -0.2) is 127 Å². The molecule has 3 unspecified atom stereocenters. The highest BCUT2D eigenvalue weighted by Crippen LogP contribution is 2.68. The first-order valence-corrected chi connectivity index (χ1v) is 24.1. The minimum absolute atomic E-state index is 0.0491. The second-order valence-electron chi connectivity index (χ2n) is 14.6. The third kappa shape index (κ3) is 11.0. The van der Waals surface area contributed by atoms with Gasteiger partial charge in [-0.05, 0) is 24.0 Å². The molecule has 348 valence electrons. The molecule has 9 N–H and O–H groups in total. The molecular weight excluding hydrogens is 921 g/mol. The Kier molecular flexibility index (Phi) is 14.2. The number of nitrogen functional groups attached to an aromatic ring is 2. The fourth-order valence-electron chi connectivity index (χ4n) is 7.26. The molecule has 4 aromatic heterocycles. The molecule has 29 heteroatoms. The molecule has 26 nitrogen and oxygen atoms in total. The summed E-state index contributed by atoms with van der Waals surface area (Å²) in [6.07, 6.45) is -4.84. The van der Waals surface area contributed by atoms with Crippen molar-refractivity contribution in [2.75, 3.05) is 37.9 Å². The lowest BCUT2D eigenvalue weighted by molar-refractivity contribution is -0.0597. The van der Waals surface area contributed by atoms with Gasteiger partial charge in [0.2, 0.25) is 0 Å². The topological polar surface area (TPSA) is 365 Å². The van der Waals surface area contributed by atoms with Crippen LogP contribution in [0.3, 0.4) is 0 Å². The van der Waals surface area contributed by atoms with Crippen molar-refractivity contribution in [3.05, 3.63) is 97.1 Å². The molecular formula is C36H43N10O16P3. The molecule has 2 saturated heterocycles. The summed E-state index contributed by atoms with van der Waals surface area (Å²) in [5, 5.41) is 22.8. The minimum atomic E-state index is -5.98. The Morgan fingerprint density at radius 3 is 1.38 bits per heavy atom. The van der Waals surface area contributed by atoms with E-state index >= 15 is 0 Å². The van der Waals surface area contributed by atoms with Crippen LogP contribution in [0.2, 0.25) is 0 Å². The van der Waals surface area contributed by atoms with E-state index in [-0.39, 0.29) is 47.2 Å². The standard InChI is InChI=1S/C36H43N10O16P3/c37-31-25-33(41-17-39-31)45(19-43-25)35-27(47)29(55-13-11-21-7-3-1-4-8-21)23(59-35)15-57-63(49,50)61-65(53,54)62-64(51,52)58-16-24-30(56-14-12-22-9-5-2-6-10-22)28(48)36(60-24)46-20-44-26-32(38)40-18-42-34(26)46/h1-10,17-20,23-24,27-30,35-36,47-48H,11-16H2,(H,49,50)(H,51,52)(H,53,54)(H2,37,39,41)(H2,38,40,42)/t23-,24-,27-,28+,29-,30+,35-,36+/m1/s1. The van der Waals surface area contributed by atoms with Crippen LogP contribution < -0.4 is 11.5 Å². The van der Waals surface area contributed by atoms with E-state index in [1.54, 1.807) is 0 Å². The largest absolute Gasteiger partial charge is 0.490 e. The van der Waals surface area contributed by atoms with Gasteiger partial charge in [-0.1, -0.05) is 60.7 Å². The van der Waals surface area contributed by atoms with Gasteiger partial charge in [0, 0.05) is 0 Å². The van der Waals surface area contributed by atoms with Gasteiger partial charge in [0.15, 0.2) is 35.4 Å². The maximum atomic E-state index is 13.1. The van der Waals surface area contributed by atoms with Crippen molar-refractivity contribution in [2.45, 2.75) is 61.9 Å². The predicted molar refractivity (Wildman–Crippen MR) is 223 cm³/mol. The van der Waals surface area contributed by atoms with Crippen molar-refractivity contribution >= 4 is 57.4 Å². The second-order valence-corrected chi connectivity index (χ2v) is 19.2. The number of phosphoric ester groups is 2. The SMILES string of the molecule is Nc1ncnc2c1ncn2[C@@H]1O[C@H](COP(=O)(O)OP(=O)(O)OP(=O)(O)OC[C@H]2O[C@H](n3cnc4c(N)ncnc43)[C@@H](O)[C@H]2OCCc2ccccc2)[C@@H](OCCc2ccccc2)[C@H]1O. The van der Waals surface area contributed by atoms with E-state index in [4.69, 9.17) is 39.5 Å². The van der Waals surface area contributed by atoms with Crippen LogP contribution >= 0.6 is 23.5 Å². The third-order valence-electron chi connectivity index (χ3n) is 10.2. The molecule has 0 amide bonds. The smallest absolute Gasteiger partial charge is 0.386 e.